The molecule has 3 fully saturated rings. The number of amides is 1. The van der Waals surface area contributed by atoms with Gasteiger partial charge in [0.2, 0.25) is 0 Å². The molecular formula is C33H40N4O4. The summed E-state index contributed by atoms with van der Waals surface area (Å²) >= 11 is 0. The van der Waals surface area contributed by atoms with Gasteiger partial charge in [-0.15, -0.1) is 0 Å². The van der Waals surface area contributed by atoms with Gasteiger partial charge in [0, 0.05) is 49.2 Å². The lowest BCUT2D eigenvalue weighted by Crippen LogP contribution is -2.45. The minimum atomic E-state index is -0.564. The van der Waals surface area contributed by atoms with Crippen molar-refractivity contribution in [1.29, 1.82) is 0 Å². The van der Waals surface area contributed by atoms with Crippen molar-refractivity contribution in [1.82, 2.24) is 14.8 Å². The van der Waals surface area contributed by atoms with Gasteiger partial charge in [0.1, 0.15) is 0 Å². The molecule has 6 rings (SSSR count). The number of aliphatic hydroxyl groups excluding tert-OH is 1. The van der Waals surface area contributed by atoms with Gasteiger partial charge in [-0.2, -0.15) is 0 Å². The van der Waals surface area contributed by atoms with Crippen molar-refractivity contribution in [2.75, 3.05) is 38.0 Å². The fourth-order valence-electron chi connectivity index (χ4n) is 6.36. The second-order valence-electron chi connectivity index (χ2n) is 11.5. The van der Waals surface area contributed by atoms with Crippen LogP contribution in [0.25, 0.3) is 0 Å². The van der Waals surface area contributed by atoms with Crippen LogP contribution in [0, 0.1) is 0 Å². The summed E-state index contributed by atoms with van der Waals surface area (Å²) in [5.74, 6) is -0.210. The summed E-state index contributed by atoms with van der Waals surface area (Å²) in [4.78, 5) is 22.0. The Morgan fingerprint density at radius 3 is 2.59 bits per heavy atom. The van der Waals surface area contributed by atoms with Crippen LogP contribution in [0.4, 0.5) is 5.69 Å². The minimum absolute atomic E-state index is 0.00378. The van der Waals surface area contributed by atoms with Crippen molar-refractivity contribution in [3.05, 3.63) is 95.3 Å². The summed E-state index contributed by atoms with van der Waals surface area (Å²) < 4.78 is 13.2. The van der Waals surface area contributed by atoms with Crippen molar-refractivity contribution >= 4 is 11.6 Å². The second kappa shape index (κ2) is 13.2. The molecule has 0 spiro atoms. The zero-order valence-corrected chi connectivity index (χ0v) is 23.5. The lowest BCUT2D eigenvalue weighted by Gasteiger charge is -2.39. The van der Waals surface area contributed by atoms with Gasteiger partial charge in [-0.1, -0.05) is 36.4 Å². The summed E-state index contributed by atoms with van der Waals surface area (Å²) in [6.07, 6.45) is 8.37. The summed E-state index contributed by atoms with van der Waals surface area (Å²) in [5, 5.41) is 12.5. The Kier molecular flexibility index (Phi) is 9.03. The van der Waals surface area contributed by atoms with Crippen molar-refractivity contribution in [3.63, 3.8) is 0 Å². The zero-order chi connectivity index (χ0) is 28.0. The number of ether oxygens (including phenoxy) is 2. The van der Waals surface area contributed by atoms with Gasteiger partial charge in [-0.25, -0.2) is 0 Å². The first-order valence-corrected chi connectivity index (χ1v) is 14.9. The third kappa shape index (κ3) is 7.02. The van der Waals surface area contributed by atoms with Crippen LogP contribution in [0.15, 0.2) is 73.1 Å². The van der Waals surface area contributed by atoms with Crippen LogP contribution < -0.4 is 5.32 Å². The minimum Gasteiger partial charge on any atom is -0.392 e. The fourth-order valence-corrected chi connectivity index (χ4v) is 6.36. The molecule has 2 aromatic carbocycles. The normalized spacial score (nSPS) is 25.4. The van der Waals surface area contributed by atoms with Crippen LogP contribution in [0.3, 0.4) is 0 Å². The van der Waals surface area contributed by atoms with E-state index in [1.807, 2.05) is 48.5 Å². The van der Waals surface area contributed by atoms with E-state index in [9.17, 15) is 9.90 Å². The highest BCUT2D eigenvalue weighted by molar-refractivity contribution is 6.04. The summed E-state index contributed by atoms with van der Waals surface area (Å²) in [7, 11) is 0. The molecule has 3 aliphatic rings. The Balaban J connectivity index is 1.20. The molecule has 3 saturated heterocycles. The Labute approximate surface area is 242 Å². The Bertz CT molecular complexity index is 1280. The van der Waals surface area contributed by atoms with E-state index in [0.717, 1.165) is 42.7 Å². The number of carbonyl (C=O) groups excluding carboxylic acids is 1. The molecule has 4 atom stereocenters. The number of pyridine rings is 1. The fraction of sp³-hybridized carbons (Fsp3) is 0.455. The smallest absolute Gasteiger partial charge is 0.257 e. The van der Waals surface area contributed by atoms with E-state index in [2.05, 4.69) is 20.1 Å². The van der Waals surface area contributed by atoms with E-state index in [0.29, 0.717) is 17.3 Å². The highest BCUT2D eigenvalue weighted by atomic mass is 16.7. The molecule has 0 aliphatic carbocycles. The van der Waals surface area contributed by atoms with E-state index >= 15 is 0 Å². The molecular weight excluding hydrogens is 516 g/mol. The number of hydrogen-bond donors (Lipinski definition) is 2. The number of aromatic nitrogens is 1. The molecule has 1 aromatic heterocycles. The maximum Gasteiger partial charge on any atom is 0.257 e. The largest absolute Gasteiger partial charge is 0.392 e. The Morgan fingerprint density at radius 1 is 0.951 bits per heavy atom. The van der Waals surface area contributed by atoms with Crippen molar-refractivity contribution in [2.45, 2.75) is 63.3 Å². The van der Waals surface area contributed by atoms with E-state index < -0.39 is 6.29 Å². The van der Waals surface area contributed by atoms with Crippen LogP contribution in [-0.2, 0) is 16.1 Å². The SMILES string of the molecule is O=C(Nc1cccc([C@@H]2O[C@H](CN3CCC[C@H]3CN3CCCC3)C[C@H](c3ccc(CO)cc3)O2)c1)c1cccnc1. The van der Waals surface area contributed by atoms with Gasteiger partial charge >= 0.3 is 0 Å². The van der Waals surface area contributed by atoms with Crippen LogP contribution in [0.2, 0.25) is 0 Å². The topological polar surface area (TPSA) is 87.2 Å². The Hall–Kier alpha value is -3.14. The first-order valence-electron chi connectivity index (χ1n) is 14.9. The standard InChI is InChI=1S/C33H40N4O4/c38-23-24-10-12-25(13-11-24)31-19-30(22-37-17-5-9-29(37)21-36-15-1-2-16-36)40-33(41-31)26-6-3-8-28(18-26)35-32(39)27-7-4-14-34-20-27/h3-4,6-8,10-14,18,20,29-31,33,38H,1-2,5,9,15-17,19,21-23H2,(H,35,39)/t29-,30-,31+,33+/m0/s1. The number of nitrogens with zero attached hydrogens (tertiary/aromatic N) is 3. The number of benzene rings is 2. The number of anilines is 1. The predicted molar refractivity (Wildman–Crippen MR) is 157 cm³/mol. The van der Waals surface area contributed by atoms with Gasteiger partial charge in [0.05, 0.1) is 24.4 Å². The molecule has 1 amide bonds. The number of hydrogen-bond acceptors (Lipinski definition) is 7. The third-order valence-corrected chi connectivity index (χ3v) is 8.56. The molecule has 3 aromatic rings. The lowest BCUT2D eigenvalue weighted by molar-refractivity contribution is -0.253. The zero-order valence-electron chi connectivity index (χ0n) is 23.5. The molecule has 0 bridgehead atoms. The van der Waals surface area contributed by atoms with Crippen molar-refractivity contribution in [2.24, 2.45) is 0 Å². The maximum atomic E-state index is 12.8. The maximum absolute atomic E-state index is 12.8. The van der Waals surface area contributed by atoms with Crippen LogP contribution in [0.5, 0.6) is 0 Å². The van der Waals surface area contributed by atoms with Gasteiger partial charge in [-0.05, 0) is 80.7 Å². The van der Waals surface area contributed by atoms with Crippen LogP contribution >= 0.6 is 0 Å². The van der Waals surface area contributed by atoms with E-state index in [-0.39, 0.29) is 24.7 Å². The molecule has 41 heavy (non-hydrogen) atoms. The molecule has 216 valence electrons. The highest BCUT2D eigenvalue weighted by Crippen LogP contribution is 2.39. The number of aliphatic hydroxyl groups is 1. The molecule has 3 aliphatic heterocycles. The molecule has 0 saturated carbocycles. The number of carbonyl (C=O) groups is 1. The molecule has 8 heteroatoms. The molecule has 0 unspecified atom stereocenters. The predicted octanol–water partition coefficient (Wildman–Crippen LogP) is 4.93. The quantitative estimate of drug-likeness (QED) is 0.386. The molecule has 2 N–H and O–H groups in total. The van der Waals surface area contributed by atoms with E-state index in [1.54, 1.807) is 24.5 Å². The first-order chi connectivity index (χ1) is 20.1. The van der Waals surface area contributed by atoms with Gasteiger partial charge in [0.25, 0.3) is 5.91 Å². The van der Waals surface area contributed by atoms with E-state index in [4.69, 9.17) is 9.47 Å². The number of likely N-dealkylation sites (tertiary alicyclic amines) is 2. The number of rotatable bonds is 9. The monoisotopic (exact) mass is 556 g/mol. The number of nitrogens with one attached hydrogen (secondary N) is 1. The van der Waals surface area contributed by atoms with Crippen LogP contribution in [0.1, 0.15) is 71.5 Å². The highest BCUT2D eigenvalue weighted by Gasteiger charge is 2.36. The third-order valence-electron chi connectivity index (χ3n) is 8.56. The Morgan fingerprint density at radius 2 is 1.80 bits per heavy atom. The van der Waals surface area contributed by atoms with Gasteiger partial charge < -0.3 is 24.8 Å². The summed E-state index contributed by atoms with van der Waals surface area (Å²) in [6, 6.07) is 19.8. The average Bonchev–Trinajstić information content (AvgIpc) is 3.70. The van der Waals surface area contributed by atoms with Gasteiger partial charge in [0.15, 0.2) is 6.29 Å². The van der Waals surface area contributed by atoms with Crippen LogP contribution in [-0.4, -0.2) is 70.7 Å². The van der Waals surface area contributed by atoms with Crippen molar-refractivity contribution in [3.8, 4) is 0 Å². The average molecular weight is 557 g/mol. The van der Waals surface area contributed by atoms with E-state index in [1.165, 1.54) is 38.8 Å². The first kappa shape index (κ1) is 28.0. The summed E-state index contributed by atoms with van der Waals surface area (Å²) in [6.45, 7) is 5.60. The second-order valence-corrected chi connectivity index (χ2v) is 11.5. The molecule has 8 nitrogen and oxygen atoms in total. The van der Waals surface area contributed by atoms with Crippen molar-refractivity contribution < 1.29 is 19.4 Å². The lowest BCUT2D eigenvalue weighted by atomic mass is 9.99. The summed E-state index contributed by atoms with van der Waals surface area (Å²) in [5.41, 5.74) is 4.01. The molecule has 0 radical (unpaired) electrons. The van der Waals surface area contributed by atoms with Gasteiger partial charge in [-0.3, -0.25) is 14.7 Å². The molecule has 4 heterocycles.